The van der Waals surface area contributed by atoms with Gasteiger partial charge in [0, 0.05) is 6.61 Å². The quantitative estimate of drug-likeness (QED) is 0.237. The van der Waals surface area contributed by atoms with Crippen LogP contribution in [-0.2, 0) is 14.3 Å². The Bertz CT molecular complexity index is 369. The van der Waals surface area contributed by atoms with E-state index in [2.05, 4.69) is 6.92 Å². The van der Waals surface area contributed by atoms with Crippen LogP contribution < -0.4 is 34.7 Å². The Morgan fingerprint density at radius 1 is 0.885 bits per heavy atom. The van der Waals surface area contributed by atoms with E-state index in [1.165, 1.54) is 44.9 Å². The molecule has 0 spiro atoms. The van der Waals surface area contributed by atoms with Crippen molar-refractivity contribution >= 4 is 5.97 Å². The Hall–Kier alpha value is 0.270. The zero-order valence-corrected chi connectivity index (χ0v) is 18.1. The van der Waals surface area contributed by atoms with Crippen LogP contribution in [0, 0.1) is 0 Å². The van der Waals surface area contributed by atoms with Gasteiger partial charge in [-0.3, -0.25) is 0 Å². The van der Waals surface area contributed by atoms with Gasteiger partial charge in [-0.25, -0.2) is 0 Å². The monoisotopic (exact) mass is 384 g/mol. The molecule has 0 saturated carbocycles. The maximum absolute atomic E-state index is 10.9. The predicted molar refractivity (Wildman–Crippen MR) is 89.5 cm³/mol. The Balaban J connectivity index is 0.00000625. The van der Waals surface area contributed by atoms with E-state index in [0.29, 0.717) is 6.61 Å². The van der Waals surface area contributed by atoms with Crippen molar-refractivity contribution in [3.8, 4) is 0 Å². The summed E-state index contributed by atoms with van der Waals surface area (Å²) in [7, 11) is 0. The number of carbonyl (C=O) groups is 1. The minimum atomic E-state index is -1.74. The first-order valence-electron chi connectivity index (χ1n) is 9.51. The van der Waals surface area contributed by atoms with Gasteiger partial charge in [-0.2, -0.15) is 0 Å². The largest absolute Gasteiger partial charge is 1.00 e. The van der Waals surface area contributed by atoms with Crippen LogP contribution in [0.15, 0.2) is 0 Å². The van der Waals surface area contributed by atoms with Crippen LogP contribution in [0.3, 0.4) is 0 Å². The fourth-order valence-corrected chi connectivity index (χ4v) is 2.97. The maximum atomic E-state index is 10.9. The first-order valence-corrected chi connectivity index (χ1v) is 9.51. The normalized spacial score (nSPS) is 28.5. The number of hydrogen-bond acceptors (Lipinski definition) is 7. The summed E-state index contributed by atoms with van der Waals surface area (Å²) in [4.78, 5) is 10.9. The van der Waals surface area contributed by atoms with E-state index in [9.17, 15) is 25.2 Å². The standard InChI is InChI=1S/C18H34O7.Na/c1-2-3-4-5-6-7-8-9-10-11-12-24-18-15(21)13(19)14(20)16(25-18)17(22)23;/h13-16,18-21H,2-12H2,1H3,(H,22,23);/q;+1/p-1/t13-,14-,15-,16-,18-;/m0./s1. The topological polar surface area (TPSA) is 119 Å². The average Bonchev–Trinajstić information content (AvgIpc) is 2.59. The summed E-state index contributed by atoms with van der Waals surface area (Å²) in [6.45, 7) is 2.50. The number of carbonyl (C=O) groups excluding carboxylic acids is 1. The molecular weight excluding hydrogens is 351 g/mol. The number of ether oxygens (including phenoxy) is 2. The molecule has 0 aliphatic carbocycles. The van der Waals surface area contributed by atoms with Crippen LogP contribution in [0.5, 0.6) is 0 Å². The Morgan fingerprint density at radius 3 is 1.88 bits per heavy atom. The molecule has 1 heterocycles. The van der Waals surface area contributed by atoms with Crippen LogP contribution >= 0.6 is 0 Å². The summed E-state index contributed by atoms with van der Waals surface area (Å²) >= 11 is 0. The van der Waals surface area contributed by atoms with E-state index in [1.54, 1.807) is 0 Å². The predicted octanol–water partition coefficient (Wildman–Crippen LogP) is -2.51. The number of unbranched alkanes of at least 4 members (excludes halogenated alkanes) is 9. The number of hydrogen-bond donors (Lipinski definition) is 3. The van der Waals surface area contributed by atoms with Gasteiger partial charge in [0.05, 0.1) is 5.97 Å². The molecule has 148 valence electrons. The van der Waals surface area contributed by atoms with Gasteiger partial charge in [0.1, 0.15) is 24.4 Å². The van der Waals surface area contributed by atoms with Crippen molar-refractivity contribution in [2.75, 3.05) is 6.61 Å². The fourth-order valence-electron chi connectivity index (χ4n) is 2.97. The molecule has 8 heteroatoms. The molecule has 0 unspecified atom stereocenters. The van der Waals surface area contributed by atoms with E-state index in [0.717, 1.165) is 19.3 Å². The van der Waals surface area contributed by atoms with Crippen LogP contribution in [0.2, 0.25) is 0 Å². The van der Waals surface area contributed by atoms with E-state index in [4.69, 9.17) is 9.47 Å². The zero-order chi connectivity index (χ0) is 18.7. The van der Waals surface area contributed by atoms with Crippen molar-refractivity contribution < 1.29 is 64.3 Å². The summed E-state index contributed by atoms with van der Waals surface area (Å²) in [6, 6.07) is 0. The second kappa shape index (κ2) is 15.2. The third-order valence-electron chi connectivity index (χ3n) is 4.58. The van der Waals surface area contributed by atoms with Crippen LogP contribution in [-0.4, -0.2) is 58.6 Å². The van der Waals surface area contributed by atoms with Gasteiger partial charge >= 0.3 is 29.6 Å². The number of carboxylic acid groups (broad SMARTS) is 1. The SMILES string of the molecule is CCCCCCCCCCCCO[C@H]1O[C@H](C(=O)[O-])[C@@H](O)[C@H](O)[C@@H]1O.[Na+]. The number of rotatable bonds is 13. The molecule has 5 atom stereocenters. The van der Waals surface area contributed by atoms with Crippen LogP contribution in [0.25, 0.3) is 0 Å². The minimum Gasteiger partial charge on any atom is -0.547 e. The Kier molecular flexibility index (Phi) is 15.4. The van der Waals surface area contributed by atoms with E-state index in [-0.39, 0.29) is 29.6 Å². The van der Waals surface area contributed by atoms with Crippen molar-refractivity contribution in [1.82, 2.24) is 0 Å². The van der Waals surface area contributed by atoms with E-state index < -0.39 is 36.7 Å². The fraction of sp³-hybridized carbons (Fsp3) is 0.944. The molecule has 0 aromatic rings. The van der Waals surface area contributed by atoms with Gasteiger partial charge in [-0.05, 0) is 6.42 Å². The van der Waals surface area contributed by atoms with Gasteiger partial charge in [0.25, 0.3) is 0 Å². The second-order valence-electron chi connectivity index (χ2n) is 6.77. The van der Waals surface area contributed by atoms with Gasteiger partial charge in [-0.15, -0.1) is 0 Å². The molecule has 1 saturated heterocycles. The van der Waals surface area contributed by atoms with Gasteiger partial charge in [0.2, 0.25) is 0 Å². The van der Waals surface area contributed by atoms with Crippen molar-refractivity contribution in [2.24, 2.45) is 0 Å². The summed E-state index contributed by atoms with van der Waals surface area (Å²) in [5.41, 5.74) is 0. The van der Waals surface area contributed by atoms with Crippen LogP contribution in [0.4, 0.5) is 0 Å². The van der Waals surface area contributed by atoms with Gasteiger partial charge in [-0.1, -0.05) is 64.7 Å². The molecule has 1 aliphatic rings. The molecular formula is C18H33NaO7. The molecule has 0 radical (unpaired) electrons. The smallest absolute Gasteiger partial charge is 0.547 e. The number of aliphatic hydroxyl groups excluding tert-OH is 3. The third kappa shape index (κ3) is 9.46. The van der Waals surface area contributed by atoms with Gasteiger partial charge in [0.15, 0.2) is 6.29 Å². The Labute approximate surface area is 178 Å². The molecule has 0 bridgehead atoms. The molecule has 26 heavy (non-hydrogen) atoms. The molecule has 1 fully saturated rings. The van der Waals surface area contributed by atoms with Crippen molar-refractivity contribution in [3.63, 3.8) is 0 Å². The zero-order valence-electron chi connectivity index (χ0n) is 16.1. The molecule has 7 nitrogen and oxygen atoms in total. The molecule has 0 aromatic heterocycles. The summed E-state index contributed by atoms with van der Waals surface area (Å²) in [5.74, 6) is -1.65. The van der Waals surface area contributed by atoms with Crippen molar-refractivity contribution in [3.05, 3.63) is 0 Å². The molecule has 0 amide bonds. The van der Waals surface area contributed by atoms with Crippen molar-refractivity contribution in [1.29, 1.82) is 0 Å². The second-order valence-corrected chi connectivity index (χ2v) is 6.77. The summed E-state index contributed by atoms with van der Waals surface area (Å²) < 4.78 is 10.3. The molecule has 0 aromatic carbocycles. The summed E-state index contributed by atoms with van der Waals surface area (Å²) in [6.07, 6.45) is 3.90. The Morgan fingerprint density at radius 2 is 1.38 bits per heavy atom. The summed E-state index contributed by atoms with van der Waals surface area (Å²) in [5, 5.41) is 39.9. The average molecular weight is 384 g/mol. The van der Waals surface area contributed by atoms with E-state index >= 15 is 0 Å². The number of carboxylic acids is 1. The first kappa shape index (κ1) is 26.3. The molecule has 1 aliphatic heterocycles. The minimum absolute atomic E-state index is 0. The van der Waals surface area contributed by atoms with E-state index in [1.807, 2.05) is 0 Å². The van der Waals surface area contributed by atoms with Crippen LogP contribution in [0.1, 0.15) is 71.1 Å². The van der Waals surface area contributed by atoms with Crippen molar-refractivity contribution in [2.45, 2.75) is 102 Å². The molecule has 1 rings (SSSR count). The van der Waals surface area contributed by atoms with Gasteiger partial charge < -0.3 is 34.7 Å². The third-order valence-corrected chi connectivity index (χ3v) is 4.58. The first-order chi connectivity index (χ1) is 12.0. The maximum Gasteiger partial charge on any atom is 1.00 e. The number of aliphatic carboxylic acids is 1. The molecule has 3 N–H and O–H groups in total. The number of aliphatic hydroxyl groups is 3.